The van der Waals surface area contributed by atoms with Gasteiger partial charge in [-0.05, 0) is 0 Å². The van der Waals surface area contributed by atoms with Gasteiger partial charge in [0.25, 0.3) is 0 Å². The Morgan fingerprint density at radius 1 is 1.44 bits per heavy atom. The van der Waals surface area contributed by atoms with Crippen molar-refractivity contribution in [2.24, 2.45) is 0 Å². The Labute approximate surface area is 57.7 Å². The van der Waals surface area contributed by atoms with Crippen LogP contribution in [0.25, 0.3) is 0 Å². The molecule has 0 amide bonds. The number of hydrogen-bond acceptors (Lipinski definition) is 3. The molecule has 0 bridgehead atoms. The third-order valence-electron chi connectivity index (χ3n) is 1.18. The van der Waals surface area contributed by atoms with Gasteiger partial charge in [-0.1, -0.05) is 0 Å². The maximum atomic E-state index is 5.27. The zero-order valence-electron chi connectivity index (χ0n) is 5.42. The van der Waals surface area contributed by atoms with Crippen LogP contribution in [-0.4, -0.2) is 20.3 Å². The van der Waals surface area contributed by atoms with E-state index in [4.69, 9.17) is 13.6 Å². The van der Waals surface area contributed by atoms with Crippen LogP contribution in [0.2, 0.25) is 0 Å². The van der Waals surface area contributed by atoms with Crippen LogP contribution in [0, 0.1) is 0 Å². The summed E-state index contributed by atoms with van der Waals surface area (Å²) in [5.74, 6) is 0. The Balaban J connectivity index is 2.37. The fourth-order valence-corrected chi connectivity index (χ4v) is 2.53. The first-order valence-electron chi connectivity index (χ1n) is 2.89. The first kappa shape index (κ1) is 7.84. The standard InChI is InChI=1S/C4H12O3P2/c1-5-9(8)6-3-2-4-7-9/h9H,2-4,8H2,1H3. The summed E-state index contributed by atoms with van der Waals surface area (Å²) in [6, 6.07) is 0. The van der Waals surface area contributed by atoms with E-state index in [1.807, 2.05) is 0 Å². The average Bonchev–Trinajstić information content (AvgIpc) is 1.90. The van der Waals surface area contributed by atoms with Gasteiger partial charge in [0.15, 0.2) is 0 Å². The van der Waals surface area contributed by atoms with Crippen LogP contribution in [0.15, 0.2) is 0 Å². The van der Waals surface area contributed by atoms with Crippen molar-refractivity contribution >= 4 is 16.6 Å². The Kier molecular flexibility index (Phi) is 2.81. The maximum absolute atomic E-state index is 5.27. The molecular formula is C4H12O3P2. The minimum atomic E-state index is -2.19. The van der Waals surface area contributed by atoms with E-state index in [2.05, 4.69) is 8.93 Å². The second-order valence-corrected chi connectivity index (χ2v) is 6.17. The van der Waals surface area contributed by atoms with E-state index in [0.717, 1.165) is 19.6 Å². The van der Waals surface area contributed by atoms with Crippen LogP contribution < -0.4 is 0 Å². The van der Waals surface area contributed by atoms with Gasteiger partial charge in [0.1, 0.15) is 0 Å². The fraction of sp³-hybridized carbons (Fsp3) is 1.00. The molecule has 3 nitrogen and oxygen atoms in total. The molecule has 56 valence electrons. The molecule has 9 heavy (non-hydrogen) atoms. The first-order chi connectivity index (χ1) is 4.27. The van der Waals surface area contributed by atoms with Crippen LogP contribution in [0.4, 0.5) is 0 Å². The number of rotatable bonds is 1. The van der Waals surface area contributed by atoms with Crippen molar-refractivity contribution in [3.63, 3.8) is 0 Å². The van der Waals surface area contributed by atoms with Crippen molar-refractivity contribution in [3.8, 4) is 0 Å². The average molecular weight is 170 g/mol. The van der Waals surface area contributed by atoms with E-state index in [-0.39, 0.29) is 0 Å². The summed E-state index contributed by atoms with van der Waals surface area (Å²) in [4.78, 5) is 0. The molecular weight excluding hydrogens is 158 g/mol. The van der Waals surface area contributed by atoms with Crippen LogP contribution in [-0.2, 0) is 13.6 Å². The van der Waals surface area contributed by atoms with Gasteiger partial charge >= 0.3 is 56.9 Å². The normalized spacial score (nSPS) is 29.6. The first-order valence-corrected chi connectivity index (χ1v) is 6.42. The summed E-state index contributed by atoms with van der Waals surface area (Å²) in [5.41, 5.74) is 0. The molecule has 0 radical (unpaired) electrons. The van der Waals surface area contributed by atoms with Gasteiger partial charge < -0.3 is 0 Å². The molecule has 0 saturated carbocycles. The van der Waals surface area contributed by atoms with Crippen LogP contribution >= 0.6 is 16.6 Å². The third kappa shape index (κ3) is 2.10. The van der Waals surface area contributed by atoms with Crippen LogP contribution in [0.3, 0.4) is 0 Å². The summed E-state index contributed by atoms with van der Waals surface area (Å²) in [5, 5.41) is 0. The molecule has 0 aromatic rings. The van der Waals surface area contributed by atoms with E-state index < -0.39 is 7.63 Å². The van der Waals surface area contributed by atoms with Crippen molar-refractivity contribution in [1.29, 1.82) is 0 Å². The summed E-state index contributed by atoms with van der Waals surface area (Å²) >= 11 is 0. The monoisotopic (exact) mass is 170 g/mol. The van der Waals surface area contributed by atoms with Crippen molar-refractivity contribution in [3.05, 3.63) is 0 Å². The molecule has 1 unspecified atom stereocenters. The molecule has 1 aliphatic rings. The molecule has 1 heterocycles. The van der Waals surface area contributed by atoms with E-state index in [1.165, 1.54) is 0 Å². The minimum absolute atomic E-state index is 0.767. The summed E-state index contributed by atoms with van der Waals surface area (Å²) in [6.45, 7) is 1.53. The molecule has 1 rings (SSSR count). The molecule has 1 atom stereocenters. The molecule has 0 spiro atoms. The van der Waals surface area contributed by atoms with Gasteiger partial charge in [0.05, 0.1) is 0 Å². The quantitative estimate of drug-likeness (QED) is 0.556. The summed E-state index contributed by atoms with van der Waals surface area (Å²) < 4.78 is 15.6. The zero-order valence-corrected chi connectivity index (χ0v) is 7.58. The number of hydrogen-bond donors (Lipinski definition) is 0. The van der Waals surface area contributed by atoms with Gasteiger partial charge in [-0.3, -0.25) is 0 Å². The Bertz CT molecular complexity index is 91.8. The van der Waals surface area contributed by atoms with Gasteiger partial charge in [0.2, 0.25) is 0 Å². The van der Waals surface area contributed by atoms with Crippen LogP contribution in [0.1, 0.15) is 6.42 Å². The SMILES string of the molecule is CO[PH]1(P)OCCCO1. The van der Waals surface area contributed by atoms with E-state index >= 15 is 0 Å². The molecule has 1 fully saturated rings. The molecule has 0 aromatic heterocycles. The molecule has 5 heteroatoms. The molecule has 0 aromatic carbocycles. The Hall–Kier alpha value is 0.740. The molecule has 0 N–H and O–H groups in total. The van der Waals surface area contributed by atoms with Crippen molar-refractivity contribution in [2.75, 3.05) is 20.3 Å². The van der Waals surface area contributed by atoms with E-state index in [9.17, 15) is 0 Å². The molecule has 1 saturated heterocycles. The zero-order chi connectivity index (χ0) is 6.74. The Morgan fingerprint density at radius 2 is 2.00 bits per heavy atom. The van der Waals surface area contributed by atoms with E-state index in [1.54, 1.807) is 7.11 Å². The Morgan fingerprint density at radius 3 is 2.33 bits per heavy atom. The summed E-state index contributed by atoms with van der Waals surface area (Å²) in [7, 11) is 1.93. The second kappa shape index (κ2) is 3.23. The van der Waals surface area contributed by atoms with Gasteiger partial charge in [0, 0.05) is 0 Å². The third-order valence-corrected chi connectivity index (χ3v) is 4.67. The summed E-state index contributed by atoms with van der Waals surface area (Å²) in [6.07, 6.45) is 0.979. The van der Waals surface area contributed by atoms with Crippen LogP contribution in [0.5, 0.6) is 0 Å². The predicted octanol–water partition coefficient (Wildman–Crippen LogP) is 1.35. The topological polar surface area (TPSA) is 27.7 Å². The predicted molar refractivity (Wildman–Crippen MR) is 41.6 cm³/mol. The van der Waals surface area contributed by atoms with Crippen molar-refractivity contribution in [1.82, 2.24) is 0 Å². The fourth-order valence-electron chi connectivity index (χ4n) is 0.647. The van der Waals surface area contributed by atoms with Crippen molar-refractivity contribution in [2.45, 2.75) is 6.42 Å². The molecule has 0 aliphatic carbocycles. The molecule has 1 aliphatic heterocycles. The van der Waals surface area contributed by atoms with Gasteiger partial charge in [-0.15, -0.1) is 0 Å². The van der Waals surface area contributed by atoms with Gasteiger partial charge in [-0.25, -0.2) is 0 Å². The van der Waals surface area contributed by atoms with Gasteiger partial charge in [-0.2, -0.15) is 0 Å². The second-order valence-electron chi connectivity index (χ2n) is 1.86. The van der Waals surface area contributed by atoms with E-state index in [0.29, 0.717) is 0 Å². The van der Waals surface area contributed by atoms with Crippen molar-refractivity contribution < 1.29 is 13.6 Å².